The van der Waals surface area contributed by atoms with Crippen molar-refractivity contribution < 1.29 is 22.6 Å². The number of guanidine groups is 1. The van der Waals surface area contributed by atoms with Crippen molar-refractivity contribution in [3.05, 3.63) is 17.7 Å². The Hall–Kier alpha value is -2.16. The molecule has 0 bridgehead atoms. The predicted octanol–water partition coefficient (Wildman–Crippen LogP) is 1.20. The molecule has 0 saturated heterocycles. The molecular weight excluding hydrogens is 358 g/mol. The molecule has 0 aromatic heterocycles. The fraction of sp³-hybridized carbons (Fsp3) is 0.588. The number of benzene rings is 1. The first-order chi connectivity index (χ1) is 12.2. The van der Waals surface area contributed by atoms with Crippen LogP contribution >= 0.6 is 0 Å². The van der Waals surface area contributed by atoms with Gasteiger partial charge in [-0.3, -0.25) is 4.99 Å². The Balaban J connectivity index is 2.80. The minimum Gasteiger partial charge on any atom is -0.496 e. The molecule has 8 nitrogen and oxygen atoms in total. The molecule has 0 fully saturated rings. The number of methoxy groups -OCH3 is 3. The minimum atomic E-state index is -2.99. The number of hydrogen-bond donors (Lipinski definition) is 2. The molecule has 0 spiro atoms. The van der Waals surface area contributed by atoms with E-state index in [1.807, 2.05) is 6.92 Å². The Morgan fingerprint density at radius 3 is 2.15 bits per heavy atom. The molecule has 0 radical (unpaired) electrons. The molecule has 1 aromatic rings. The van der Waals surface area contributed by atoms with Gasteiger partial charge in [-0.2, -0.15) is 0 Å². The first-order valence-corrected chi connectivity index (χ1v) is 10.2. The van der Waals surface area contributed by atoms with E-state index in [9.17, 15) is 8.42 Å². The molecule has 0 aliphatic carbocycles. The topological polar surface area (TPSA) is 98.2 Å². The van der Waals surface area contributed by atoms with E-state index < -0.39 is 9.84 Å². The number of rotatable bonds is 9. The molecule has 148 valence electrons. The van der Waals surface area contributed by atoms with Gasteiger partial charge in [0.1, 0.15) is 27.1 Å². The van der Waals surface area contributed by atoms with Crippen LogP contribution in [0.3, 0.4) is 0 Å². The zero-order valence-electron chi connectivity index (χ0n) is 16.3. The molecule has 0 heterocycles. The molecule has 0 amide bonds. The second kappa shape index (κ2) is 10.1. The van der Waals surface area contributed by atoms with E-state index >= 15 is 0 Å². The molecule has 9 heteroatoms. The smallest absolute Gasteiger partial charge is 0.191 e. The maximum absolute atomic E-state index is 11.3. The van der Waals surface area contributed by atoms with Crippen LogP contribution in [0.2, 0.25) is 0 Å². The highest BCUT2D eigenvalue weighted by Gasteiger charge is 2.15. The maximum atomic E-state index is 11.3. The summed E-state index contributed by atoms with van der Waals surface area (Å²) in [4.78, 5) is 4.17. The van der Waals surface area contributed by atoms with E-state index in [0.29, 0.717) is 36.2 Å². The molecule has 0 aliphatic rings. The first-order valence-electron chi connectivity index (χ1n) is 8.17. The van der Waals surface area contributed by atoms with Gasteiger partial charge in [-0.1, -0.05) is 0 Å². The van der Waals surface area contributed by atoms with Crippen molar-refractivity contribution in [1.29, 1.82) is 0 Å². The fourth-order valence-corrected chi connectivity index (χ4v) is 3.10. The van der Waals surface area contributed by atoms with Gasteiger partial charge in [0.05, 0.1) is 39.2 Å². The van der Waals surface area contributed by atoms with Crippen molar-refractivity contribution in [1.82, 2.24) is 10.6 Å². The van der Waals surface area contributed by atoms with Gasteiger partial charge in [0, 0.05) is 31.5 Å². The number of ether oxygens (including phenoxy) is 3. The summed E-state index contributed by atoms with van der Waals surface area (Å²) < 4.78 is 38.7. The van der Waals surface area contributed by atoms with Crippen molar-refractivity contribution in [2.24, 2.45) is 4.99 Å². The lowest BCUT2D eigenvalue weighted by molar-refractivity contribution is 0.368. The maximum Gasteiger partial charge on any atom is 0.191 e. The van der Waals surface area contributed by atoms with E-state index in [2.05, 4.69) is 15.6 Å². The quantitative estimate of drug-likeness (QED) is 0.485. The third kappa shape index (κ3) is 6.99. The molecule has 1 unspecified atom stereocenters. The average molecular weight is 388 g/mol. The number of nitrogens with zero attached hydrogens (tertiary/aromatic N) is 1. The van der Waals surface area contributed by atoms with E-state index in [-0.39, 0.29) is 11.8 Å². The summed E-state index contributed by atoms with van der Waals surface area (Å²) in [6, 6.07) is 3.52. The summed E-state index contributed by atoms with van der Waals surface area (Å²) in [5, 5.41) is 6.36. The van der Waals surface area contributed by atoms with Crippen LogP contribution in [0.15, 0.2) is 17.1 Å². The van der Waals surface area contributed by atoms with Crippen molar-refractivity contribution in [3.8, 4) is 17.2 Å². The second-order valence-electron chi connectivity index (χ2n) is 5.90. The van der Waals surface area contributed by atoms with Crippen molar-refractivity contribution in [3.63, 3.8) is 0 Å². The normalized spacial score (nSPS) is 13.1. The Kier molecular flexibility index (Phi) is 8.50. The highest BCUT2D eigenvalue weighted by atomic mass is 32.2. The van der Waals surface area contributed by atoms with E-state index in [4.69, 9.17) is 14.2 Å². The van der Waals surface area contributed by atoms with E-state index in [0.717, 1.165) is 5.56 Å². The monoisotopic (exact) mass is 387 g/mol. The molecule has 0 aliphatic heterocycles. The number of hydrogen-bond acceptors (Lipinski definition) is 6. The Morgan fingerprint density at radius 2 is 1.73 bits per heavy atom. The minimum absolute atomic E-state index is 0.0458. The van der Waals surface area contributed by atoms with Gasteiger partial charge in [0.25, 0.3) is 0 Å². The van der Waals surface area contributed by atoms with Crippen LogP contribution in [-0.4, -0.2) is 60.8 Å². The third-order valence-electron chi connectivity index (χ3n) is 3.78. The van der Waals surface area contributed by atoms with Gasteiger partial charge in [-0.05, 0) is 13.3 Å². The van der Waals surface area contributed by atoms with Crippen molar-refractivity contribution >= 4 is 15.8 Å². The molecule has 0 saturated carbocycles. The number of nitrogens with one attached hydrogen (secondary N) is 2. The number of aliphatic imine (C=N–C) groups is 1. The molecule has 1 aromatic carbocycles. The Bertz CT molecular complexity index is 694. The average Bonchev–Trinajstić information content (AvgIpc) is 2.61. The van der Waals surface area contributed by atoms with Crippen molar-refractivity contribution in [2.75, 3.05) is 40.4 Å². The largest absolute Gasteiger partial charge is 0.496 e. The van der Waals surface area contributed by atoms with Crippen molar-refractivity contribution in [2.45, 2.75) is 25.9 Å². The van der Waals surface area contributed by atoms with Crippen LogP contribution < -0.4 is 24.8 Å². The SMILES string of the molecule is CN=C(NCc1c(OC)cc(OC)cc1OC)NC(C)CCS(C)(=O)=O. The van der Waals surface area contributed by atoms with Crippen LogP contribution in [0.1, 0.15) is 18.9 Å². The summed E-state index contributed by atoms with van der Waals surface area (Å²) in [6.45, 7) is 2.32. The van der Waals surface area contributed by atoms with Crippen LogP contribution in [0.4, 0.5) is 0 Å². The Morgan fingerprint density at radius 1 is 1.15 bits per heavy atom. The summed E-state index contributed by atoms with van der Waals surface area (Å²) in [5.41, 5.74) is 0.822. The summed E-state index contributed by atoms with van der Waals surface area (Å²) >= 11 is 0. The van der Waals surface area contributed by atoms with Crippen LogP contribution in [0.5, 0.6) is 17.2 Å². The van der Waals surface area contributed by atoms with Gasteiger partial charge >= 0.3 is 0 Å². The summed E-state index contributed by atoms with van der Waals surface area (Å²) in [7, 11) is 3.41. The lowest BCUT2D eigenvalue weighted by Crippen LogP contribution is -2.42. The van der Waals surface area contributed by atoms with Crippen LogP contribution in [-0.2, 0) is 16.4 Å². The number of sulfone groups is 1. The zero-order valence-corrected chi connectivity index (χ0v) is 17.1. The van der Waals surface area contributed by atoms with Gasteiger partial charge in [0.2, 0.25) is 0 Å². The zero-order chi connectivity index (χ0) is 19.7. The van der Waals surface area contributed by atoms with Gasteiger partial charge in [0.15, 0.2) is 5.96 Å². The standard InChI is InChI=1S/C17H29N3O5S/c1-12(7-8-26(6,21)22)20-17(18-2)19-11-14-15(24-4)9-13(23-3)10-16(14)25-5/h9-10,12H,7-8,11H2,1-6H3,(H2,18,19,20). The van der Waals surface area contributed by atoms with Gasteiger partial charge < -0.3 is 24.8 Å². The van der Waals surface area contributed by atoms with E-state index in [1.165, 1.54) is 6.26 Å². The van der Waals surface area contributed by atoms with Gasteiger partial charge in [-0.15, -0.1) is 0 Å². The molecule has 1 atom stereocenters. The Labute approximate surface area is 155 Å². The van der Waals surface area contributed by atoms with Gasteiger partial charge in [-0.25, -0.2) is 8.42 Å². The highest BCUT2D eigenvalue weighted by Crippen LogP contribution is 2.33. The third-order valence-corrected chi connectivity index (χ3v) is 4.76. The predicted molar refractivity (Wildman–Crippen MR) is 103 cm³/mol. The molecular formula is C17H29N3O5S. The first kappa shape index (κ1) is 21.9. The molecule has 2 N–H and O–H groups in total. The van der Waals surface area contributed by atoms with Crippen LogP contribution in [0, 0.1) is 0 Å². The van der Waals surface area contributed by atoms with Crippen LogP contribution in [0.25, 0.3) is 0 Å². The fourth-order valence-electron chi connectivity index (χ4n) is 2.32. The molecule has 1 rings (SSSR count). The lowest BCUT2D eigenvalue weighted by Gasteiger charge is -2.19. The van der Waals surface area contributed by atoms with E-state index in [1.54, 1.807) is 40.5 Å². The highest BCUT2D eigenvalue weighted by molar-refractivity contribution is 7.90. The summed E-state index contributed by atoms with van der Waals surface area (Å²) in [5.74, 6) is 2.59. The molecule has 26 heavy (non-hydrogen) atoms. The lowest BCUT2D eigenvalue weighted by atomic mass is 10.1. The summed E-state index contributed by atoms with van der Waals surface area (Å²) in [6.07, 6.45) is 1.73. The second-order valence-corrected chi connectivity index (χ2v) is 8.16.